The van der Waals surface area contributed by atoms with E-state index < -0.39 is 12.1 Å². The fourth-order valence-electron chi connectivity index (χ4n) is 11.5. The lowest BCUT2D eigenvalue weighted by Crippen LogP contribution is -2.45. The molecule has 0 saturated heterocycles. The van der Waals surface area contributed by atoms with Crippen LogP contribution in [0.15, 0.2) is 24.3 Å². The largest absolute Gasteiger partial charge is 0.466 e. The average Bonchev–Trinajstić information content (AvgIpc) is 3.45. The molecule has 0 aromatic carbocycles. The van der Waals surface area contributed by atoms with Crippen molar-refractivity contribution >= 4 is 11.9 Å². The number of carbonyl (C=O) groups is 2. The van der Waals surface area contributed by atoms with E-state index in [2.05, 4.69) is 31.3 Å². The van der Waals surface area contributed by atoms with Crippen LogP contribution in [0.2, 0.25) is 0 Å². The highest BCUT2D eigenvalue weighted by Gasteiger charge is 2.18. The van der Waals surface area contributed by atoms with E-state index in [4.69, 9.17) is 4.74 Å². The van der Waals surface area contributed by atoms with Crippen LogP contribution in [0, 0.1) is 0 Å². The van der Waals surface area contributed by atoms with Crippen LogP contribution in [-0.2, 0) is 14.3 Å². The summed E-state index contributed by atoms with van der Waals surface area (Å²) in [6, 6.07) is -0.625. The molecule has 2 atom stereocenters. The van der Waals surface area contributed by atoms with Crippen LogP contribution >= 0.6 is 0 Å². The summed E-state index contributed by atoms with van der Waals surface area (Å²) in [6.45, 7) is 4.94. The number of rotatable bonds is 68. The normalized spacial score (nSPS) is 12.6. The molecule has 79 heavy (non-hydrogen) atoms. The molecule has 0 aliphatic rings. The first kappa shape index (κ1) is 77.3. The van der Waals surface area contributed by atoms with Crippen LogP contribution < -0.4 is 5.32 Å². The maximum absolute atomic E-state index is 12.5. The number of hydrogen-bond acceptors (Lipinski definition) is 5. The first-order valence-electron chi connectivity index (χ1n) is 36.1. The lowest BCUT2D eigenvalue weighted by Gasteiger charge is -2.20. The molecule has 0 fully saturated rings. The van der Waals surface area contributed by atoms with Crippen LogP contribution in [-0.4, -0.2) is 47.4 Å². The molecule has 3 N–H and O–H groups in total. The van der Waals surface area contributed by atoms with Gasteiger partial charge >= 0.3 is 5.97 Å². The number of ether oxygens (including phenoxy) is 1. The highest BCUT2D eigenvalue weighted by molar-refractivity contribution is 5.76. The van der Waals surface area contributed by atoms with E-state index in [1.807, 2.05) is 6.08 Å². The molecule has 6 heteroatoms. The predicted molar refractivity (Wildman–Crippen MR) is 347 cm³/mol. The van der Waals surface area contributed by atoms with Crippen molar-refractivity contribution in [3.63, 3.8) is 0 Å². The van der Waals surface area contributed by atoms with Gasteiger partial charge in [0, 0.05) is 12.8 Å². The highest BCUT2D eigenvalue weighted by Crippen LogP contribution is 2.19. The van der Waals surface area contributed by atoms with E-state index in [9.17, 15) is 19.8 Å². The van der Waals surface area contributed by atoms with Gasteiger partial charge in [-0.2, -0.15) is 0 Å². The quantitative estimate of drug-likeness (QED) is 0.0320. The molecular weight excluding hydrogens is 971 g/mol. The van der Waals surface area contributed by atoms with Gasteiger partial charge in [0.2, 0.25) is 5.91 Å². The SMILES string of the molecule is CCCCCCCCCCCCC/C=C/C(O)C(CO)NC(=O)CCCCCCCCCCCCCCCCC/C=C\CCCCCCCCCCCCCCOC(=O)CCCCCCCCCCCCCCCCCCCC. The number of esters is 1. The molecule has 0 aromatic heterocycles. The topological polar surface area (TPSA) is 95.9 Å². The second-order valence-corrected chi connectivity index (χ2v) is 24.9. The van der Waals surface area contributed by atoms with Crippen molar-refractivity contribution in [3.8, 4) is 0 Å². The summed E-state index contributed by atoms with van der Waals surface area (Å²) in [6.07, 6.45) is 87.0. The monoisotopic (exact) mass is 1110 g/mol. The molecule has 2 unspecified atom stereocenters. The number of nitrogens with one attached hydrogen (secondary N) is 1. The van der Waals surface area contributed by atoms with Gasteiger partial charge in [0.1, 0.15) is 0 Å². The van der Waals surface area contributed by atoms with Crippen LogP contribution in [0.25, 0.3) is 0 Å². The number of hydrogen-bond donors (Lipinski definition) is 3. The van der Waals surface area contributed by atoms with E-state index in [1.165, 1.54) is 340 Å². The zero-order valence-electron chi connectivity index (χ0n) is 53.6. The Hall–Kier alpha value is -1.66. The van der Waals surface area contributed by atoms with Gasteiger partial charge in [0.05, 0.1) is 25.4 Å². The van der Waals surface area contributed by atoms with Crippen molar-refractivity contribution in [2.75, 3.05) is 13.2 Å². The zero-order valence-corrected chi connectivity index (χ0v) is 53.6. The minimum absolute atomic E-state index is 0.0225. The van der Waals surface area contributed by atoms with Gasteiger partial charge in [0.25, 0.3) is 0 Å². The molecule has 0 aromatic rings. The molecular formula is C73H141NO5. The van der Waals surface area contributed by atoms with E-state index in [1.54, 1.807) is 6.08 Å². The number of amides is 1. The van der Waals surface area contributed by atoms with Gasteiger partial charge in [-0.3, -0.25) is 9.59 Å². The van der Waals surface area contributed by atoms with E-state index in [0.717, 1.165) is 38.5 Å². The van der Waals surface area contributed by atoms with Crippen LogP contribution in [0.4, 0.5) is 0 Å². The van der Waals surface area contributed by atoms with Gasteiger partial charge in [-0.15, -0.1) is 0 Å². The van der Waals surface area contributed by atoms with E-state index in [-0.39, 0.29) is 18.5 Å². The predicted octanol–water partition coefficient (Wildman–Crippen LogP) is 23.3. The summed E-state index contributed by atoms with van der Waals surface area (Å²) in [4.78, 5) is 24.6. The summed E-state index contributed by atoms with van der Waals surface area (Å²) in [5.74, 6) is -0.0417. The van der Waals surface area contributed by atoms with Crippen molar-refractivity contribution in [1.29, 1.82) is 0 Å². The first-order valence-corrected chi connectivity index (χ1v) is 36.1. The Morgan fingerprint density at radius 2 is 0.595 bits per heavy atom. The third kappa shape index (κ3) is 65.4. The third-order valence-electron chi connectivity index (χ3n) is 17.0. The maximum Gasteiger partial charge on any atom is 0.305 e. The summed E-state index contributed by atoms with van der Waals surface area (Å²) >= 11 is 0. The number of unbranched alkanes of at least 4 members (excludes halogenated alkanes) is 55. The summed E-state index contributed by atoms with van der Waals surface area (Å²) in [5, 5.41) is 23.1. The molecule has 0 aliphatic carbocycles. The molecule has 6 nitrogen and oxygen atoms in total. The van der Waals surface area contributed by atoms with Crippen molar-refractivity contribution in [3.05, 3.63) is 24.3 Å². The molecule has 0 saturated carbocycles. The Balaban J connectivity index is 3.34. The number of carbonyl (C=O) groups excluding carboxylic acids is 2. The Labute approximate surface area is 494 Å². The first-order chi connectivity index (χ1) is 39.0. The van der Waals surface area contributed by atoms with Crippen molar-refractivity contribution < 1.29 is 24.5 Å². The zero-order chi connectivity index (χ0) is 57.1. The summed E-state index contributed by atoms with van der Waals surface area (Å²) in [5.41, 5.74) is 0. The molecule has 0 spiro atoms. The van der Waals surface area contributed by atoms with Crippen molar-refractivity contribution in [2.24, 2.45) is 0 Å². The third-order valence-corrected chi connectivity index (χ3v) is 17.0. The van der Waals surface area contributed by atoms with E-state index >= 15 is 0 Å². The minimum atomic E-state index is -0.842. The number of aliphatic hydroxyl groups excluding tert-OH is 2. The smallest absolute Gasteiger partial charge is 0.305 e. The van der Waals surface area contributed by atoms with E-state index in [0.29, 0.717) is 19.4 Å². The number of allylic oxidation sites excluding steroid dienone is 3. The molecule has 1 amide bonds. The summed E-state index contributed by atoms with van der Waals surface area (Å²) in [7, 11) is 0. The maximum atomic E-state index is 12.5. The number of aliphatic hydroxyl groups is 2. The molecule has 0 bridgehead atoms. The van der Waals surface area contributed by atoms with Gasteiger partial charge < -0.3 is 20.3 Å². The second kappa shape index (κ2) is 68.8. The van der Waals surface area contributed by atoms with Gasteiger partial charge in [-0.05, 0) is 57.8 Å². The Morgan fingerprint density at radius 3 is 0.899 bits per heavy atom. The standard InChI is InChI=1S/C73H141NO5/c1-3-5-7-9-11-13-15-17-18-19-36-39-43-47-51-55-59-63-67-73(78)79-68-64-60-56-52-48-44-40-37-34-32-30-28-26-24-22-20-21-23-25-27-29-31-33-35-38-42-46-50-54-58-62-66-72(77)74-70(69-75)71(76)65-61-57-53-49-45-41-16-14-12-10-8-6-4-2/h22,24,61,65,70-71,75-76H,3-21,23,25-60,62-64,66-69H2,1-2H3,(H,74,77)/b24-22-,65-61+. The van der Waals surface area contributed by atoms with Gasteiger partial charge in [0.15, 0.2) is 0 Å². The molecule has 0 radical (unpaired) electrons. The second-order valence-electron chi connectivity index (χ2n) is 24.9. The fraction of sp³-hybridized carbons (Fsp3) is 0.918. The Bertz CT molecular complexity index is 1230. The molecule has 468 valence electrons. The van der Waals surface area contributed by atoms with Crippen LogP contribution in [0.1, 0.15) is 406 Å². The highest BCUT2D eigenvalue weighted by atomic mass is 16.5. The average molecular weight is 1110 g/mol. The Morgan fingerprint density at radius 1 is 0.342 bits per heavy atom. The molecule has 0 aliphatic heterocycles. The lowest BCUT2D eigenvalue weighted by atomic mass is 10.0. The van der Waals surface area contributed by atoms with Crippen molar-refractivity contribution in [2.45, 2.75) is 418 Å². The molecule has 0 heterocycles. The Kier molecular flexibility index (Phi) is 67.4. The molecule has 0 rings (SSSR count). The summed E-state index contributed by atoms with van der Waals surface area (Å²) < 4.78 is 5.51. The van der Waals surface area contributed by atoms with Gasteiger partial charge in [-0.1, -0.05) is 359 Å². The lowest BCUT2D eigenvalue weighted by molar-refractivity contribution is -0.143. The van der Waals surface area contributed by atoms with Crippen molar-refractivity contribution in [1.82, 2.24) is 5.32 Å². The van der Waals surface area contributed by atoms with Gasteiger partial charge in [-0.25, -0.2) is 0 Å². The van der Waals surface area contributed by atoms with Crippen LogP contribution in [0.5, 0.6) is 0 Å². The van der Waals surface area contributed by atoms with Crippen LogP contribution in [0.3, 0.4) is 0 Å². The fourth-order valence-corrected chi connectivity index (χ4v) is 11.5. The minimum Gasteiger partial charge on any atom is -0.466 e.